The number of hydrogen-bond donors (Lipinski definition) is 0. The van der Waals surface area contributed by atoms with Gasteiger partial charge in [-0.1, -0.05) is 0 Å². The average molecular weight is 276 g/mol. The van der Waals surface area contributed by atoms with E-state index in [1.54, 1.807) is 14.0 Å². The van der Waals surface area contributed by atoms with Crippen molar-refractivity contribution < 1.29 is 14.3 Å². The zero-order chi connectivity index (χ0) is 14.7. The number of aryl methyl sites for hydroxylation is 1. The topological polar surface area (TPSA) is 53.4 Å². The maximum atomic E-state index is 11.9. The van der Waals surface area contributed by atoms with Crippen LogP contribution in [-0.4, -0.2) is 29.2 Å². The van der Waals surface area contributed by atoms with Gasteiger partial charge in [-0.05, 0) is 32.9 Å². The minimum Gasteiger partial charge on any atom is -0.497 e. The number of aromatic nitrogens is 2. The van der Waals surface area contributed by atoms with Crippen LogP contribution in [0.25, 0.3) is 11.0 Å². The molecule has 20 heavy (non-hydrogen) atoms. The fraction of sp³-hybridized carbons (Fsp3) is 0.467. The monoisotopic (exact) mass is 276 g/mol. The summed E-state index contributed by atoms with van der Waals surface area (Å²) >= 11 is 0. The summed E-state index contributed by atoms with van der Waals surface area (Å²) < 4.78 is 12.3. The Morgan fingerprint density at radius 1 is 1.40 bits per heavy atom. The third kappa shape index (κ3) is 2.48. The van der Waals surface area contributed by atoms with E-state index in [0.717, 1.165) is 29.2 Å². The number of imidazole rings is 1. The first-order valence-corrected chi connectivity index (χ1v) is 6.83. The Hall–Kier alpha value is -2.04. The van der Waals surface area contributed by atoms with Crippen molar-refractivity contribution in [2.24, 2.45) is 0 Å². The van der Waals surface area contributed by atoms with Crippen LogP contribution < -0.4 is 4.74 Å². The Kier molecular flexibility index (Phi) is 4.27. The number of fused-ring (bicyclic) bond motifs is 1. The van der Waals surface area contributed by atoms with Crippen molar-refractivity contribution in [3.8, 4) is 5.75 Å². The normalized spacial score (nSPS) is 12.4. The van der Waals surface area contributed by atoms with E-state index in [1.807, 2.05) is 36.6 Å². The van der Waals surface area contributed by atoms with E-state index in [0.29, 0.717) is 6.61 Å². The van der Waals surface area contributed by atoms with Crippen LogP contribution in [0.15, 0.2) is 18.2 Å². The van der Waals surface area contributed by atoms with Gasteiger partial charge in [0, 0.05) is 12.6 Å². The number of hydrogen-bond acceptors (Lipinski definition) is 4. The lowest BCUT2D eigenvalue weighted by atomic mass is 10.1. The smallest absolute Gasteiger partial charge is 0.316 e. The molecule has 1 atom stereocenters. The zero-order valence-electron chi connectivity index (χ0n) is 12.3. The summed E-state index contributed by atoms with van der Waals surface area (Å²) in [7, 11) is 1.63. The van der Waals surface area contributed by atoms with Gasteiger partial charge >= 0.3 is 5.97 Å². The highest BCUT2D eigenvalue weighted by Gasteiger charge is 2.23. The molecule has 5 nitrogen and oxygen atoms in total. The van der Waals surface area contributed by atoms with E-state index >= 15 is 0 Å². The molecule has 0 spiro atoms. The highest BCUT2D eigenvalue weighted by Crippen LogP contribution is 2.26. The second kappa shape index (κ2) is 5.94. The number of benzene rings is 1. The van der Waals surface area contributed by atoms with E-state index in [1.165, 1.54) is 0 Å². The van der Waals surface area contributed by atoms with Crippen molar-refractivity contribution in [3.05, 3.63) is 24.0 Å². The van der Waals surface area contributed by atoms with E-state index in [9.17, 15) is 4.79 Å². The third-order valence-corrected chi connectivity index (χ3v) is 3.33. The Labute approximate surface area is 118 Å². The molecule has 1 unspecified atom stereocenters. The molecule has 2 aromatic rings. The molecule has 1 aromatic heterocycles. The molecule has 0 aliphatic rings. The summed E-state index contributed by atoms with van der Waals surface area (Å²) in [5.74, 6) is 0.862. The van der Waals surface area contributed by atoms with Gasteiger partial charge in [0.15, 0.2) is 0 Å². The average Bonchev–Trinajstić information content (AvgIpc) is 2.83. The van der Waals surface area contributed by atoms with Gasteiger partial charge in [-0.3, -0.25) is 4.79 Å². The van der Waals surface area contributed by atoms with Gasteiger partial charge in [0.05, 0.1) is 24.8 Å². The van der Waals surface area contributed by atoms with Crippen molar-refractivity contribution in [2.45, 2.75) is 33.2 Å². The predicted octanol–water partition coefficient (Wildman–Crippen LogP) is 2.73. The van der Waals surface area contributed by atoms with Gasteiger partial charge in [-0.25, -0.2) is 4.98 Å². The van der Waals surface area contributed by atoms with Gasteiger partial charge in [0.1, 0.15) is 17.5 Å². The first-order chi connectivity index (χ1) is 9.62. The number of ether oxygens (including phenoxy) is 2. The number of carbonyl (C=O) groups excluding carboxylic acids is 1. The maximum absolute atomic E-state index is 11.9. The lowest BCUT2D eigenvalue weighted by Gasteiger charge is -2.12. The minimum atomic E-state index is -0.381. The van der Waals surface area contributed by atoms with E-state index in [2.05, 4.69) is 4.98 Å². The van der Waals surface area contributed by atoms with Crippen LogP contribution in [0.4, 0.5) is 0 Å². The lowest BCUT2D eigenvalue weighted by Crippen LogP contribution is -2.17. The molecule has 1 heterocycles. The summed E-state index contributed by atoms with van der Waals surface area (Å²) in [6.45, 7) is 6.79. The van der Waals surface area contributed by atoms with Gasteiger partial charge in [-0.2, -0.15) is 0 Å². The Balaban J connectivity index is 2.49. The summed E-state index contributed by atoms with van der Waals surface area (Å²) in [5.41, 5.74) is 1.83. The van der Waals surface area contributed by atoms with Crippen molar-refractivity contribution in [2.75, 3.05) is 13.7 Å². The molecule has 2 rings (SSSR count). The molecule has 0 aliphatic heterocycles. The van der Waals surface area contributed by atoms with Crippen molar-refractivity contribution in [3.63, 3.8) is 0 Å². The largest absolute Gasteiger partial charge is 0.497 e. The quantitative estimate of drug-likeness (QED) is 0.788. The first-order valence-electron chi connectivity index (χ1n) is 6.83. The number of nitrogens with zero attached hydrogens (tertiary/aromatic N) is 2. The van der Waals surface area contributed by atoms with Crippen LogP contribution in [-0.2, 0) is 16.1 Å². The molecular weight excluding hydrogens is 256 g/mol. The van der Waals surface area contributed by atoms with Crippen molar-refractivity contribution in [1.82, 2.24) is 9.55 Å². The maximum Gasteiger partial charge on any atom is 0.316 e. The van der Waals surface area contributed by atoms with Crippen LogP contribution in [0.5, 0.6) is 5.75 Å². The molecule has 0 amide bonds. The molecule has 0 radical (unpaired) electrons. The molecule has 1 aromatic carbocycles. The molecule has 0 saturated heterocycles. The molecule has 108 valence electrons. The summed E-state index contributed by atoms with van der Waals surface area (Å²) in [4.78, 5) is 16.5. The Bertz CT molecular complexity index is 619. The van der Waals surface area contributed by atoms with Crippen LogP contribution in [0.3, 0.4) is 0 Å². The SMILES string of the molecule is CCOC(=O)C(C)c1nc2cc(OC)ccc2n1CC. The third-order valence-electron chi connectivity index (χ3n) is 3.33. The second-order valence-corrected chi connectivity index (χ2v) is 4.54. The fourth-order valence-electron chi connectivity index (χ4n) is 2.29. The van der Waals surface area contributed by atoms with Gasteiger partial charge in [0.25, 0.3) is 0 Å². The molecule has 0 bridgehead atoms. The summed E-state index contributed by atoms with van der Waals surface area (Å²) in [5, 5.41) is 0. The lowest BCUT2D eigenvalue weighted by molar-refractivity contribution is -0.144. The Morgan fingerprint density at radius 3 is 2.75 bits per heavy atom. The number of esters is 1. The molecule has 0 aliphatic carbocycles. The van der Waals surface area contributed by atoms with Crippen LogP contribution >= 0.6 is 0 Å². The van der Waals surface area contributed by atoms with E-state index in [4.69, 9.17) is 9.47 Å². The molecule has 5 heteroatoms. The molecule has 0 fully saturated rings. The fourth-order valence-corrected chi connectivity index (χ4v) is 2.29. The predicted molar refractivity (Wildman–Crippen MR) is 77.0 cm³/mol. The number of carbonyl (C=O) groups is 1. The molecule has 0 N–H and O–H groups in total. The van der Waals surface area contributed by atoms with Gasteiger partial charge < -0.3 is 14.0 Å². The highest BCUT2D eigenvalue weighted by molar-refractivity contribution is 5.82. The zero-order valence-corrected chi connectivity index (χ0v) is 12.3. The van der Waals surface area contributed by atoms with Gasteiger partial charge in [0.2, 0.25) is 0 Å². The number of methoxy groups -OCH3 is 1. The summed E-state index contributed by atoms with van der Waals surface area (Å²) in [6, 6.07) is 5.74. The summed E-state index contributed by atoms with van der Waals surface area (Å²) in [6.07, 6.45) is 0. The van der Waals surface area contributed by atoms with E-state index in [-0.39, 0.29) is 11.9 Å². The van der Waals surface area contributed by atoms with E-state index < -0.39 is 0 Å². The van der Waals surface area contributed by atoms with Crippen LogP contribution in [0.1, 0.15) is 32.5 Å². The Morgan fingerprint density at radius 2 is 2.15 bits per heavy atom. The van der Waals surface area contributed by atoms with Crippen LogP contribution in [0.2, 0.25) is 0 Å². The highest BCUT2D eigenvalue weighted by atomic mass is 16.5. The second-order valence-electron chi connectivity index (χ2n) is 4.54. The minimum absolute atomic E-state index is 0.246. The molecular formula is C15H20N2O3. The van der Waals surface area contributed by atoms with Crippen molar-refractivity contribution >= 4 is 17.0 Å². The van der Waals surface area contributed by atoms with Crippen LogP contribution in [0, 0.1) is 0 Å². The standard InChI is InChI=1S/C15H20N2O3/c1-5-17-13-8-7-11(19-4)9-12(13)16-14(17)10(3)15(18)20-6-2/h7-10H,5-6H2,1-4H3. The number of rotatable bonds is 5. The van der Waals surface area contributed by atoms with Gasteiger partial charge in [-0.15, -0.1) is 0 Å². The van der Waals surface area contributed by atoms with Crippen molar-refractivity contribution in [1.29, 1.82) is 0 Å². The molecule has 0 saturated carbocycles. The first kappa shape index (κ1) is 14.4.